The van der Waals surface area contributed by atoms with E-state index in [4.69, 9.17) is 0 Å². The van der Waals surface area contributed by atoms with E-state index >= 15 is 0 Å². The Morgan fingerprint density at radius 2 is 2.50 bits per heavy atom. The van der Waals surface area contributed by atoms with Gasteiger partial charge in [-0.15, -0.1) is 0 Å². The maximum absolute atomic E-state index is 4.15. The van der Waals surface area contributed by atoms with Gasteiger partial charge in [0, 0.05) is 42.6 Å². The summed E-state index contributed by atoms with van der Waals surface area (Å²) in [4.78, 5) is 4.15. The zero-order valence-corrected chi connectivity index (χ0v) is 8.34. The number of hydrogen-bond donors (Lipinski definition) is 1. The van der Waals surface area contributed by atoms with Crippen LogP contribution in [0.2, 0.25) is 0 Å². The summed E-state index contributed by atoms with van der Waals surface area (Å²) in [7, 11) is 0. The minimum Gasteiger partial charge on any atom is -0.336 e. The average molecular weight is 250 g/mol. The third-order valence-corrected chi connectivity index (χ3v) is 3.27. The van der Waals surface area contributed by atoms with E-state index in [2.05, 4.69) is 22.4 Å². The van der Waals surface area contributed by atoms with Crippen molar-refractivity contribution in [2.24, 2.45) is 4.99 Å². The maximum Gasteiger partial charge on any atom is 0.0464 e. The van der Waals surface area contributed by atoms with Gasteiger partial charge in [0.1, 0.15) is 0 Å². The fourth-order valence-electron chi connectivity index (χ4n) is 0.572. The van der Waals surface area contributed by atoms with Crippen LogP contribution in [0.3, 0.4) is 0 Å². The van der Waals surface area contributed by atoms with Crippen LogP contribution in [0.4, 0.5) is 0 Å². The quantitative estimate of drug-likeness (QED) is 0.558. The van der Waals surface area contributed by atoms with Crippen molar-refractivity contribution in [2.45, 2.75) is 20.3 Å². The van der Waals surface area contributed by atoms with E-state index in [1.54, 1.807) is 0 Å². The Kier molecular flexibility index (Phi) is 3.05. The summed E-state index contributed by atoms with van der Waals surface area (Å²) in [6.07, 6.45) is 4.92. The minimum atomic E-state index is 0.0269. The van der Waals surface area contributed by atoms with Crippen molar-refractivity contribution < 1.29 is 0 Å². The van der Waals surface area contributed by atoms with Crippen molar-refractivity contribution >= 4 is 30.7 Å². The third-order valence-electron chi connectivity index (χ3n) is 1.18. The normalized spacial score (nSPS) is 17.8. The zero-order chi connectivity index (χ0) is 7.40. The van der Waals surface area contributed by atoms with Crippen LogP contribution in [0, 0.1) is 0 Å². The lowest BCUT2D eigenvalue weighted by atomic mass is 10.4. The first-order valence-electron chi connectivity index (χ1n) is 3.28. The SMILES string of the molecule is CCC1=CN=CC(C)=IN1. The van der Waals surface area contributed by atoms with Crippen molar-refractivity contribution in [3.05, 3.63) is 11.9 Å². The predicted molar refractivity (Wildman–Crippen MR) is 54.7 cm³/mol. The van der Waals surface area contributed by atoms with Crippen LogP contribution >= 0.6 is 21.0 Å². The molecule has 0 aromatic heterocycles. The molecule has 0 saturated heterocycles. The molecule has 0 saturated carbocycles. The maximum atomic E-state index is 4.15. The molecule has 0 aliphatic carbocycles. The van der Waals surface area contributed by atoms with Crippen LogP contribution in [0.25, 0.3) is 0 Å². The van der Waals surface area contributed by atoms with E-state index in [1.807, 2.05) is 12.4 Å². The van der Waals surface area contributed by atoms with Crippen LogP contribution in [0.5, 0.6) is 0 Å². The lowest BCUT2D eigenvalue weighted by Gasteiger charge is -1.98. The van der Waals surface area contributed by atoms with Crippen LogP contribution in [0.15, 0.2) is 16.9 Å². The highest BCUT2D eigenvalue weighted by Gasteiger charge is 1.93. The Bertz CT molecular complexity index is 201. The summed E-state index contributed by atoms with van der Waals surface area (Å²) < 4.78 is 4.78. The van der Waals surface area contributed by atoms with E-state index in [0.717, 1.165) is 6.42 Å². The molecule has 0 unspecified atom stereocenters. The second-order valence-corrected chi connectivity index (χ2v) is 4.84. The molecule has 0 bridgehead atoms. The number of allylic oxidation sites excluding steroid dienone is 1. The number of rotatable bonds is 1. The first-order chi connectivity index (χ1) is 4.83. The molecule has 1 N–H and O–H groups in total. The van der Waals surface area contributed by atoms with Gasteiger partial charge in [-0.05, 0) is 13.3 Å². The average Bonchev–Trinajstić information content (AvgIpc) is 2.14. The summed E-state index contributed by atoms with van der Waals surface area (Å²) in [5, 5.41) is 0. The van der Waals surface area contributed by atoms with E-state index in [-0.39, 0.29) is 21.0 Å². The highest BCUT2D eigenvalue weighted by Crippen LogP contribution is 2.06. The van der Waals surface area contributed by atoms with Crippen molar-refractivity contribution in [1.29, 1.82) is 0 Å². The number of halogens is 1. The highest BCUT2D eigenvalue weighted by molar-refractivity contribution is 14.2. The molecule has 56 valence electrons. The van der Waals surface area contributed by atoms with E-state index in [0.29, 0.717) is 0 Å². The van der Waals surface area contributed by atoms with Gasteiger partial charge in [-0.25, -0.2) is 0 Å². The molecule has 0 spiro atoms. The fourth-order valence-corrected chi connectivity index (χ4v) is 2.16. The highest BCUT2D eigenvalue weighted by atomic mass is 127. The summed E-state index contributed by atoms with van der Waals surface area (Å²) in [5.41, 5.74) is 1.26. The third kappa shape index (κ3) is 2.21. The van der Waals surface area contributed by atoms with Gasteiger partial charge in [0.05, 0.1) is 0 Å². The van der Waals surface area contributed by atoms with E-state index < -0.39 is 0 Å². The van der Waals surface area contributed by atoms with Gasteiger partial charge in [0.15, 0.2) is 0 Å². The molecule has 1 heterocycles. The first kappa shape index (κ1) is 7.91. The molecule has 0 atom stereocenters. The second kappa shape index (κ2) is 3.85. The smallest absolute Gasteiger partial charge is 0.0464 e. The topological polar surface area (TPSA) is 24.4 Å². The van der Waals surface area contributed by atoms with Crippen LogP contribution in [-0.4, -0.2) is 9.72 Å². The number of nitrogens with one attached hydrogen (secondary N) is 1. The lowest BCUT2D eigenvalue weighted by molar-refractivity contribution is 1.03. The van der Waals surface area contributed by atoms with Crippen molar-refractivity contribution in [3.8, 4) is 0 Å². The van der Waals surface area contributed by atoms with E-state index in [9.17, 15) is 0 Å². The number of hydrogen-bond acceptors (Lipinski definition) is 2. The Labute approximate surface area is 71.5 Å². The molecule has 2 nitrogen and oxygen atoms in total. The largest absolute Gasteiger partial charge is 0.336 e. The van der Waals surface area contributed by atoms with Gasteiger partial charge in [-0.3, -0.25) is 4.99 Å². The predicted octanol–water partition coefficient (Wildman–Crippen LogP) is 1.99. The monoisotopic (exact) mass is 250 g/mol. The van der Waals surface area contributed by atoms with Crippen molar-refractivity contribution in [3.63, 3.8) is 0 Å². The molecule has 0 amide bonds. The van der Waals surface area contributed by atoms with Gasteiger partial charge in [-0.1, -0.05) is 6.92 Å². The van der Waals surface area contributed by atoms with E-state index in [1.165, 1.54) is 9.21 Å². The summed E-state index contributed by atoms with van der Waals surface area (Å²) in [6.45, 7) is 4.26. The first-order valence-corrected chi connectivity index (χ1v) is 5.44. The number of nitrogens with zero attached hydrogens (tertiary/aromatic N) is 1. The van der Waals surface area contributed by atoms with Gasteiger partial charge in [0.25, 0.3) is 0 Å². The van der Waals surface area contributed by atoms with Crippen LogP contribution in [0.1, 0.15) is 20.3 Å². The van der Waals surface area contributed by atoms with Crippen LogP contribution in [-0.2, 0) is 0 Å². The van der Waals surface area contributed by atoms with Crippen molar-refractivity contribution in [1.82, 2.24) is 3.53 Å². The molecule has 10 heavy (non-hydrogen) atoms. The molecule has 1 aliphatic rings. The van der Waals surface area contributed by atoms with Gasteiger partial charge >= 0.3 is 0 Å². The van der Waals surface area contributed by atoms with Gasteiger partial charge in [0.2, 0.25) is 0 Å². The fraction of sp³-hybridized carbons (Fsp3) is 0.429. The molecular weight excluding hydrogens is 239 g/mol. The molecular formula is C7H11IN2. The summed E-state index contributed by atoms with van der Waals surface area (Å²) >= 11 is 0.0269. The van der Waals surface area contributed by atoms with Crippen LogP contribution < -0.4 is 3.53 Å². The van der Waals surface area contributed by atoms with Gasteiger partial charge in [-0.2, -0.15) is 0 Å². The molecule has 0 radical (unpaired) electrons. The zero-order valence-electron chi connectivity index (χ0n) is 6.19. The summed E-state index contributed by atoms with van der Waals surface area (Å²) in [6, 6.07) is 0. The lowest BCUT2D eigenvalue weighted by Crippen LogP contribution is -1.97. The Balaban J connectivity index is 2.69. The molecule has 0 aromatic rings. The summed E-state index contributed by atoms with van der Waals surface area (Å²) in [5.74, 6) is 0. The Morgan fingerprint density at radius 3 is 3.20 bits per heavy atom. The van der Waals surface area contributed by atoms with Gasteiger partial charge < -0.3 is 3.53 Å². The van der Waals surface area contributed by atoms with Crippen molar-refractivity contribution in [2.75, 3.05) is 0 Å². The molecule has 1 rings (SSSR count). The second-order valence-electron chi connectivity index (χ2n) is 2.06. The Hall–Kier alpha value is -0.190. The molecule has 3 heteroatoms. The molecule has 0 aromatic carbocycles. The number of aliphatic imine (C=N–C) groups is 1. The molecule has 0 fully saturated rings. The minimum absolute atomic E-state index is 0.0269. The Morgan fingerprint density at radius 1 is 1.70 bits per heavy atom. The standard InChI is InChI=1S/C7H11IN2/c1-3-7-5-9-4-6(2)8-10-7/h4-5,10H,3H2,1-2H3. The molecule has 1 aliphatic heterocycles.